The van der Waals surface area contributed by atoms with Gasteiger partial charge in [0.1, 0.15) is 0 Å². The number of imidazole rings is 1. The largest absolute Gasteiger partial charge is 0.363 e. The summed E-state index contributed by atoms with van der Waals surface area (Å²) >= 11 is 6.48. The van der Waals surface area contributed by atoms with Gasteiger partial charge in [0.05, 0.1) is 39.7 Å². The Morgan fingerprint density at radius 2 is 1.97 bits per heavy atom. The molecule has 5 aromatic rings. The first-order chi connectivity index (χ1) is 17.4. The Balaban J connectivity index is 1.46. The van der Waals surface area contributed by atoms with Crippen LogP contribution in [0, 0.1) is 11.6 Å². The molecule has 0 saturated heterocycles. The van der Waals surface area contributed by atoms with E-state index in [1.165, 1.54) is 0 Å². The predicted octanol–water partition coefficient (Wildman–Crippen LogP) is 4.72. The van der Waals surface area contributed by atoms with Gasteiger partial charge in [0.25, 0.3) is 5.91 Å². The van der Waals surface area contributed by atoms with E-state index in [2.05, 4.69) is 25.7 Å². The lowest BCUT2D eigenvalue weighted by atomic mass is 10.1. The molecule has 2 aromatic carbocycles. The minimum atomic E-state index is -0.997. The zero-order chi connectivity index (χ0) is 25.0. The molecular formula is C25H20ClF2N7O. The van der Waals surface area contributed by atoms with E-state index in [9.17, 15) is 13.6 Å². The summed E-state index contributed by atoms with van der Waals surface area (Å²) in [5.41, 5.74) is 3.56. The molecule has 1 aliphatic rings. The van der Waals surface area contributed by atoms with Crippen LogP contribution in [-0.2, 0) is 13.6 Å². The number of carbonyl (C=O) groups is 1. The number of hydrogen-bond acceptors (Lipinski definition) is 5. The lowest BCUT2D eigenvalue weighted by molar-refractivity contribution is 0.0951. The molecule has 3 heterocycles. The van der Waals surface area contributed by atoms with Crippen molar-refractivity contribution >= 4 is 40.0 Å². The van der Waals surface area contributed by atoms with E-state index in [1.54, 1.807) is 39.7 Å². The average Bonchev–Trinajstić information content (AvgIpc) is 3.38. The van der Waals surface area contributed by atoms with Crippen molar-refractivity contribution in [2.75, 3.05) is 5.32 Å². The summed E-state index contributed by atoms with van der Waals surface area (Å²) in [6.07, 6.45) is 7.14. The van der Waals surface area contributed by atoms with Crippen molar-refractivity contribution in [3.8, 4) is 11.3 Å². The zero-order valence-corrected chi connectivity index (χ0v) is 19.9. The van der Waals surface area contributed by atoms with Gasteiger partial charge in [-0.05, 0) is 25.0 Å². The first-order valence-electron chi connectivity index (χ1n) is 11.4. The van der Waals surface area contributed by atoms with Crippen LogP contribution < -0.4 is 10.6 Å². The van der Waals surface area contributed by atoms with E-state index in [-0.39, 0.29) is 22.5 Å². The Hall–Kier alpha value is -4.05. The van der Waals surface area contributed by atoms with Gasteiger partial charge in [0, 0.05) is 49.1 Å². The van der Waals surface area contributed by atoms with Crippen LogP contribution in [0.25, 0.3) is 27.9 Å². The second-order valence-electron chi connectivity index (χ2n) is 8.84. The summed E-state index contributed by atoms with van der Waals surface area (Å²) < 4.78 is 31.8. The fourth-order valence-electron chi connectivity index (χ4n) is 4.15. The van der Waals surface area contributed by atoms with Gasteiger partial charge in [-0.1, -0.05) is 17.7 Å². The van der Waals surface area contributed by atoms with E-state index in [1.807, 2.05) is 13.2 Å². The Bertz CT molecular complexity index is 1660. The van der Waals surface area contributed by atoms with Gasteiger partial charge in [-0.15, -0.1) is 0 Å². The molecule has 1 amide bonds. The predicted molar refractivity (Wildman–Crippen MR) is 132 cm³/mol. The Morgan fingerprint density at radius 3 is 2.69 bits per heavy atom. The molecule has 1 saturated carbocycles. The number of anilines is 1. The van der Waals surface area contributed by atoms with Crippen molar-refractivity contribution < 1.29 is 13.6 Å². The molecule has 0 atom stereocenters. The lowest BCUT2D eigenvalue weighted by Crippen LogP contribution is -2.25. The van der Waals surface area contributed by atoms with Crippen LogP contribution in [0.15, 0.2) is 48.9 Å². The van der Waals surface area contributed by atoms with Crippen LogP contribution in [0.5, 0.6) is 0 Å². The van der Waals surface area contributed by atoms with Crippen molar-refractivity contribution in [2.45, 2.75) is 25.4 Å². The SMILES string of the molecule is Cn1cc(CNc2nc3cc(F)c(F)cc3n3c(-c4ccc(C(=O)NC5CC5)c(Cl)c4)cnc23)cn1. The van der Waals surface area contributed by atoms with Gasteiger partial charge in [0.2, 0.25) is 0 Å². The maximum atomic E-state index is 14.3. The second-order valence-corrected chi connectivity index (χ2v) is 9.24. The number of rotatable bonds is 6. The van der Waals surface area contributed by atoms with E-state index in [0.29, 0.717) is 40.3 Å². The van der Waals surface area contributed by atoms with Gasteiger partial charge < -0.3 is 10.6 Å². The highest BCUT2D eigenvalue weighted by molar-refractivity contribution is 6.34. The summed E-state index contributed by atoms with van der Waals surface area (Å²) in [7, 11) is 1.82. The van der Waals surface area contributed by atoms with E-state index >= 15 is 0 Å². The molecule has 0 bridgehead atoms. The number of halogens is 3. The van der Waals surface area contributed by atoms with Crippen molar-refractivity contribution in [3.63, 3.8) is 0 Å². The van der Waals surface area contributed by atoms with Gasteiger partial charge in [0.15, 0.2) is 23.1 Å². The second kappa shape index (κ2) is 8.56. The number of nitrogens with zero attached hydrogens (tertiary/aromatic N) is 5. The highest BCUT2D eigenvalue weighted by atomic mass is 35.5. The summed E-state index contributed by atoms with van der Waals surface area (Å²) in [6.45, 7) is 0.407. The summed E-state index contributed by atoms with van der Waals surface area (Å²) in [4.78, 5) is 21.5. The number of aromatic nitrogens is 5. The first kappa shape index (κ1) is 22.4. The van der Waals surface area contributed by atoms with Crippen molar-refractivity contribution in [1.82, 2.24) is 29.5 Å². The van der Waals surface area contributed by atoms with Crippen LogP contribution >= 0.6 is 11.6 Å². The molecule has 2 N–H and O–H groups in total. The number of hydrogen-bond donors (Lipinski definition) is 2. The van der Waals surface area contributed by atoms with Crippen molar-refractivity contribution in [1.29, 1.82) is 0 Å². The van der Waals surface area contributed by atoms with E-state index < -0.39 is 11.6 Å². The Kier molecular flexibility index (Phi) is 5.33. The summed E-state index contributed by atoms with van der Waals surface area (Å²) in [5.74, 6) is -1.81. The molecule has 0 unspecified atom stereocenters. The minimum Gasteiger partial charge on any atom is -0.363 e. The number of nitrogens with one attached hydrogen (secondary N) is 2. The smallest absolute Gasteiger partial charge is 0.253 e. The van der Waals surface area contributed by atoms with Gasteiger partial charge in [-0.3, -0.25) is 13.9 Å². The molecule has 6 rings (SSSR count). The monoisotopic (exact) mass is 507 g/mol. The molecule has 11 heteroatoms. The quantitative estimate of drug-likeness (QED) is 0.347. The van der Waals surface area contributed by atoms with Crippen LogP contribution in [-0.4, -0.2) is 36.1 Å². The molecule has 8 nitrogen and oxygen atoms in total. The molecule has 3 aromatic heterocycles. The molecule has 182 valence electrons. The topological polar surface area (TPSA) is 89.1 Å². The number of carbonyl (C=O) groups excluding carboxylic acids is 1. The highest BCUT2D eigenvalue weighted by Crippen LogP contribution is 2.32. The maximum absolute atomic E-state index is 14.3. The molecule has 1 fully saturated rings. The number of amides is 1. The molecule has 0 aliphatic heterocycles. The maximum Gasteiger partial charge on any atom is 0.253 e. The third kappa shape index (κ3) is 4.03. The highest BCUT2D eigenvalue weighted by Gasteiger charge is 2.25. The van der Waals surface area contributed by atoms with Crippen molar-refractivity contribution in [3.05, 3.63) is 76.7 Å². The number of benzene rings is 2. The fourth-order valence-corrected chi connectivity index (χ4v) is 4.41. The van der Waals surface area contributed by atoms with E-state index in [4.69, 9.17) is 11.6 Å². The minimum absolute atomic E-state index is 0.207. The third-order valence-electron chi connectivity index (χ3n) is 6.10. The van der Waals surface area contributed by atoms with Gasteiger partial charge in [-0.2, -0.15) is 5.10 Å². The van der Waals surface area contributed by atoms with Crippen LogP contribution in [0.4, 0.5) is 14.6 Å². The zero-order valence-electron chi connectivity index (χ0n) is 19.1. The molecule has 0 spiro atoms. The first-order valence-corrected chi connectivity index (χ1v) is 11.7. The standard InChI is InChI=1S/C25H20ClF2N7O/c1-34-12-13(10-31-34)9-29-23-24-30-11-22(35(24)21-8-19(28)18(27)7-20(21)33-23)14-2-5-16(17(26)6-14)25(36)32-15-3-4-15/h2,5-8,10-12,15H,3-4,9H2,1H3,(H,29,33)(H,32,36). The average molecular weight is 508 g/mol. The lowest BCUT2D eigenvalue weighted by Gasteiger charge is -2.12. The van der Waals surface area contributed by atoms with Crippen LogP contribution in [0.2, 0.25) is 5.02 Å². The van der Waals surface area contributed by atoms with Gasteiger partial charge >= 0.3 is 0 Å². The third-order valence-corrected chi connectivity index (χ3v) is 6.42. The van der Waals surface area contributed by atoms with Crippen LogP contribution in [0.3, 0.4) is 0 Å². The van der Waals surface area contributed by atoms with Crippen LogP contribution in [0.1, 0.15) is 28.8 Å². The Labute approximate surface area is 208 Å². The van der Waals surface area contributed by atoms with E-state index in [0.717, 1.165) is 30.5 Å². The molecule has 1 aliphatic carbocycles. The van der Waals surface area contributed by atoms with Gasteiger partial charge in [-0.25, -0.2) is 18.7 Å². The molecule has 0 radical (unpaired) electrons. The summed E-state index contributed by atoms with van der Waals surface area (Å²) in [6, 6.07) is 7.44. The Morgan fingerprint density at radius 1 is 1.17 bits per heavy atom. The number of fused-ring (bicyclic) bond motifs is 3. The number of aryl methyl sites for hydroxylation is 1. The summed E-state index contributed by atoms with van der Waals surface area (Å²) in [5, 5.41) is 10.6. The molecule has 36 heavy (non-hydrogen) atoms. The normalized spacial score (nSPS) is 13.4. The molecular weight excluding hydrogens is 488 g/mol. The van der Waals surface area contributed by atoms with Crippen molar-refractivity contribution in [2.24, 2.45) is 7.05 Å². The fraction of sp³-hybridized carbons (Fsp3) is 0.200.